The Kier molecular flexibility index (Phi) is 3.65. The number of methoxy groups -OCH3 is 2. The lowest BCUT2D eigenvalue weighted by atomic mass is 9.73. The van der Waals surface area contributed by atoms with E-state index in [-0.39, 0.29) is 0 Å². The zero-order chi connectivity index (χ0) is 10.8. The molecule has 3 nitrogen and oxygen atoms in total. The second-order valence-corrected chi connectivity index (χ2v) is 5.09. The van der Waals surface area contributed by atoms with Gasteiger partial charge in [0.2, 0.25) is 0 Å². The summed E-state index contributed by atoms with van der Waals surface area (Å²) in [5.41, 5.74) is 0. The van der Waals surface area contributed by atoms with E-state index >= 15 is 0 Å². The predicted octanol–water partition coefficient (Wildman–Crippen LogP) is 1.38. The number of hydrogen-bond donors (Lipinski definition) is 0. The quantitative estimate of drug-likeness (QED) is 0.691. The summed E-state index contributed by atoms with van der Waals surface area (Å²) < 4.78 is 11.1. The zero-order valence-electron chi connectivity index (χ0n) is 10.1. The summed E-state index contributed by atoms with van der Waals surface area (Å²) in [7, 11) is 5.84. The number of rotatable bonds is 2. The lowest BCUT2D eigenvalue weighted by Gasteiger charge is -2.45. The molecule has 2 fully saturated rings. The van der Waals surface area contributed by atoms with Crippen molar-refractivity contribution in [3.63, 3.8) is 0 Å². The minimum atomic E-state index is 0.308. The van der Waals surface area contributed by atoms with Gasteiger partial charge >= 0.3 is 0 Å². The predicted molar refractivity (Wildman–Crippen MR) is 59.9 cm³/mol. The van der Waals surface area contributed by atoms with E-state index in [1.54, 1.807) is 0 Å². The highest BCUT2D eigenvalue weighted by molar-refractivity contribution is 4.90. The molecule has 1 saturated heterocycles. The molecule has 1 saturated carbocycles. The molecule has 0 bridgehead atoms. The van der Waals surface area contributed by atoms with Gasteiger partial charge in [-0.3, -0.25) is 0 Å². The maximum Gasteiger partial charge on any atom is 0.0836 e. The van der Waals surface area contributed by atoms with Crippen LogP contribution in [-0.2, 0) is 9.47 Å². The monoisotopic (exact) mass is 213 g/mol. The number of ether oxygens (including phenoxy) is 2. The van der Waals surface area contributed by atoms with Gasteiger partial charge in [-0.25, -0.2) is 0 Å². The van der Waals surface area contributed by atoms with Crippen LogP contribution in [0.25, 0.3) is 0 Å². The van der Waals surface area contributed by atoms with Crippen LogP contribution >= 0.6 is 0 Å². The summed E-state index contributed by atoms with van der Waals surface area (Å²) in [5.74, 6) is 1.68. The second kappa shape index (κ2) is 4.81. The molecule has 3 heteroatoms. The van der Waals surface area contributed by atoms with Crippen molar-refractivity contribution in [1.29, 1.82) is 0 Å². The van der Waals surface area contributed by atoms with E-state index in [0.717, 1.165) is 11.8 Å². The van der Waals surface area contributed by atoms with Gasteiger partial charge in [-0.15, -0.1) is 0 Å². The molecule has 4 atom stereocenters. The van der Waals surface area contributed by atoms with Gasteiger partial charge in [-0.05, 0) is 44.7 Å². The van der Waals surface area contributed by atoms with Crippen molar-refractivity contribution < 1.29 is 9.47 Å². The molecule has 88 valence electrons. The summed E-state index contributed by atoms with van der Waals surface area (Å²) in [6.45, 7) is 2.48. The maximum absolute atomic E-state index is 5.54. The maximum atomic E-state index is 5.54. The molecular weight excluding hydrogens is 190 g/mol. The van der Waals surface area contributed by atoms with E-state index in [2.05, 4.69) is 11.9 Å². The fourth-order valence-electron chi connectivity index (χ4n) is 3.24. The Bertz CT molecular complexity index is 210. The van der Waals surface area contributed by atoms with E-state index in [1.165, 1.54) is 32.4 Å². The molecule has 2 aliphatic rings. The topological polar surface area (TPSA) is 21.7 Å². The normalized spacial score (nSPS) is 42.6. The first-order valence-corrected chi connectivity index (χ1v) is 5.98. The Morgan fingerprint density at radius 2 is 1.60 bits per heavy atom. The SMILES string of the molecule is COC1CC2CCN(C)CC2CC1OC. The molecule has 15 heavy (non-hydrogen) atoms. The fourth-order valence-corrected chi connectivity index (χ4v) is 3.24. The van der Waals surface area contributed by atoms with E-state index < -0.39 is 0 Å². The van der Waals surface area contributed by atoms with Gasteiger partial charge in [0, 0.05) is 20.8 Å². The summed E-state index contributed by atoms with van der Waals surface area (Å²) in [5, 5.41) is 0. The molecular formula is C12H23NO2. The van der Waals surface area contributed by atoms with Gasteiger partial charge in [0.25, 0.3) is 0 Å². The van der Waals surface area contributed by atoms with Crippen LogP contribution in [0.3, 0.4) is 0 Å². The molecule has 0 radical (unpaired) electrons. The van der Waals surface area contributed by atoms with Gasteiger partial charge in [-0.1, -0.05) is 0 Å². The highest BCUT2D eigenvalue weighted by atomic mass is 16.5. The first-order valence-electron chi connectivity index (χ1n) is 5.98. The second-order valence-electron chi connectivity index (χ2n) is 5.09. The van der Waals surface area contributed by atoms with Crippen LogP contribution in [0.5, 0.6) is 0 Å². The van der Waals surface area contributed by atoms with Crippen molar-refractivity contribution in [3.05, 3.63) is 0 Å². The number of nitrogens with zero attached hydrogens (tertiary/aromatic N) is 1. The Morgan fingerprint density at radius 1 is 1.00 bits per heavy atom. The Morgan fingerprint density at radius 3 is 2.20 bits per heavy atom. The molecule has 1 aliphatic heterocycles. The van der Waals surface area contributed by atoms with Crippen LogP contribution in [-0.4, -0.2) is 51.5 Å². The molecule has 0 aromatic rings. The first-order chi connectivity index (χ1) is 7.24. The fraction of sp³-hybridized carbons (Fsp3) is 1.00. The Hall–Kier alpha value is -0.120. The van der Waals surface area contributed by atoms with Gasteiger partial charge < -0.3 is 14.4 Å². The van der Waals surface area contributed by atoms with Crippen molar-refractivity contribution in [3.8, 4) is 0 Å². The standard InChI is InChI=1S/C12H23NO2/c1-13-5-4-9-6-11(14-2)12(15-3)7-10(9)8-13/h9-12H,4-8H2,1-3H3. The summed E-state index contributed by atoms with van der Waals surface area (Å²) in [6, 6.07) is 0. The van der Waals surface area contributed by atoms with Crippen molar-refractivity contribution in [2.45, 2.75) is 31.5 Å². The highest BCUT2D eigenvalue weighted by Crippen LogP contribution is 2.37. The van der Waals surface area contributed by atoms with E-state index in [1.807, 2.05) is 14.2 Å². The molecule has 1 heterocycles. The molecule has 0 aromatic heterocycles. The van der Waals surface area contributed by atoms with E-state index in [0.29, 0.717) is 12.2 Å². The molecule has 0 N–H and O–H groups in total. The van der Waals surface area contributed by atoms with Crippen LogP contribution < -0.4 is 0 Å². The van der Waals surface area contributed by atoms with Crippen molar-refractivity contribution in [1.82, 2.24) is 4.90 Å². The minimum absolute atomic E-state index is 0.308. The van der Waals surface area contributed by atoms with Crippen molar-refractivity contribution in [2.24, 2.45) is 11.8 Å². The average molecular weight is 213 g/mol. The minimum Gasteiger partial charge on any atom is -0.379 e. The summed E-state index contributed by atoms with van der Waals surface area (Å²) >= 11 is 0. The number of piperidine rings is 1. The third-order valence-corrected chi connectivity index (χ3v) is 4.18. The van der Waals surface area contributed by atoms with E-state index in [9.17, 15) is 0 Å². The van der Waals surface area contributed by atoms with E-state index in [4.69, 9.17) is 9.47 Å². The molecule has 1 aliphatic carbocycles. The molecule has 4 unspecified atom stereocenters. The average Bonchev–Trinajstić information content (AvgIpc) is 2.27. The first kappa shape index (κ1) is 11.4. The lowest BCUT2D eigenvalue weighted by Crippen LogP contribution is -2.48. The highest BCUT2D eigenvalue weighted by Gasteiger charge is 2.39. The molecule has 0 aromatic carbocycles. The summed E-state index contributed by atoms with van der Waals surface area (Å²) in [6.07, 6.45) is 4.32. The van der Waals surface area contributed by atoms with Crippen molar-refractivity contribution >= 4 is 0 Å². The van der Waals surface area contributed by atoms with Crippen LogP contribution in [0, 0.1) is 11.8 Å². The zero-order valence-corrected chi connectivity index (χ0v) is 10.1. The van der Waals surface area contributed by atoms with Crippen LogP contribution in [0.4, 0.5) is 0 Å². The molecule has 2 rings (SSSR count). The number of fused-ring (bicyclic) bond motifs is 1. The Labute approximate surface area is 92.7 Å². The third kappa shape index (κ3) is 2.35. The molecule has 0 amide bonds. The van der Waals surface area contributed by atoms with Crippen LogP contribution in [0.15, 0.2) is 0 Å². The van der Waals surface area contributed by atoms with Gasteiger partial charge in [-0.2, -0.15) is 0 Å². The molecule has 0 spiro atoms. The van der Waals surface area contributed by atoms with Gasteiger partial charge in [0.1, 0.15) is 0 Å². The number of likely N-dealkylation sites (tertiary alicyclic amines) is 1. The van der Waals surface area contributed by atoms with Crippen LogP contribution in [0.1, 0.15) is 19.3 Å². The third-order valence-electron chi connectivity index (χ3n) is 4.18. The van der Waals surface area contributed by atoms with Gasteiger partial charge in [0.15, 0.2) is 0 Å². The Balaban J connectivity index is 1.99. The van der Waals surface area contributed by atoms with Gasteiger partial charge in [0.05, 0.1) is 12.2 Å². The lowest BCUT2D eigenvalue weighted by molar-refractivity contribution is -0.0985. The van der Waals surface area contributed by atoms with Crippen molar-refractivity contribution in [2.75, 3.05) is 34.4 Å². The number of hydrogen-bond acceptors (Lipinski definition) is 3. The summed E-state index contributed by atoms with van der Waals surface area (Å²) in [4.78, 5) is 2.45. The van der Waals surface area contributed by atoms with Crippen LogP contribution in [0.2, 0.25) is 0 Å². The largest absolute Gasteiger partial charge is 0.379 e. The smallest absolute Gasteiger partial charge is 0.0836 e.